The molecule has 3 nitrogen and oxygen atoms in total. The number of aromatic nitrogens is 1. The molecule has 0 amide bonds. The maximum atomic E-state index is 5.69. The topological polar surface area (TPSA) is 48.1 Å². The van der Waals surface area contributed by atoms with E-state index in [0.29, 0.717) is 0 Å². The van der Waals surface area contributed by atoms with Crippen LogP contribution in [-0.4, -0.2) is 18.7 Å². The Kier molecular flexibility index (Phi) is 3.65. The third kappa shape index (κ3) is 2.55. The molecule has 0 aliphatic rings. The van der Waals surface area contributed by atoms with E-state index in [9.17, 15) is 0 Å². The van der Waals surface area contributed by atoms with Gasteiger partial charge in [-0.1, -0.05) is 0 Å². The summed E-state index contributed by atoms with van der Waals surface area (Å²) in [5.74, 6) is 0. The molecule has 1 heterocycles. The van der Waals surface area contributed by atoms with E-state index in [2.05, 4.69) is 4.98 Å². The Labute approximate surface area is 76.6 Å². The van der Waals surface area contributed by atoms with E-state index < -0.39 is 0 Å². The number of thiazole rings is 1. The molecule has 0 saturated heterocycles. The molecule has 0 aliphatic heterocycles. The predicted molar refractivity (Wildman–Crippen MR) is 50.3 cm³/mol. The summed E-state index contributed by atoms with van der Waals surface area (Å²) < 4.78 is 4.95. The highest BCUT2D eigenvalue weighted by atomic mass is 32.1. The SMILES string of the molecule is COCCc1ncc(C(C)N)s1. The van der Waals surface area contributed by atoms with Crippen LogP contribution in [-0.2, 0) is 11.2 Å². The summed E-state index contributed by atoms with van der Waals surface area (Å²) in [4.78, 5) is 5.37. The van der Waals surface area contributed by atoms with Gasteiger partial charge < -0.3 is 10.5 Å². The van der Waals surface area contributed by atoms with Gasteiger partial charge in [0.15, 0.2) is 0 Å². The fraction of sp³-hybridized carbons (Fsp3) is 0.625. The maximum Gasteiger partial charge on any atom is 0.0951 e. The van der Waals surface area contributed by atoms with Gasteiger partial charge in [0.05, 0.1) is 11.6 Å². The molecule has 1 atom stereocenters. The molecule has 1 unspecified atom stereocenters. The van der Waals surface area contributed by atoms with Crippen molar-refractivity contribution in [2.24, 2.45) is 5.73 Å². The molecule has 0 aromatic carbocycles. The lowest BCUT2D eigenvalue weighted by Crippen LogP contribution is -2.01. The molecule has 1 aromatic rings. The number of ether oxygens (including phenoxy) is 1. The van der Waals surface area contributed by atoms with Gasteiger partial charge in [-0.25, -0.2) is 4.98 Å². The van der Waals surface area contributed by atoms with Crippen LogP contribution in [0.1, 0.15) is 22.9 Å². The standard InChI is InChI=1S/C8H14N2OS/c1-6(9)7-5-10-8(12-7)3-4-11-2/h5-6H,3-4,9H2,1-2H3. The Morgan fingerprint density at radius 2 is 2.50 bits per heavy atom. The Hall–Kier alpha value is -0.450. The monoisotopic (exact) mass is 186 g/mol. The van der Waals surface area contributed by atoms with Crippen molar-refractivity contribution in [2.75, 3.05) is 13.7 Å². The molecule has 1 aromatic heterocycles. The van der Waals surface area contributed by atoms with Gasteiger partial charge in [-0.05, 0) is 6.92 Å². The lowest BCUT2D eigenvalue weighted by Gasteiger charge is -1.97. The van der Waals surface area contributed by atoms with Crippen LogP contribution in [0.25, 0.3) is 0 Å². The largest absolute Gasteiger partial charge is 0.384 e. The van der Waals surface area contributed by atoms with Crippen LogP contribution in [0.5, 0.6) is 0 Å². The number of nitrogens with zero attached hydrogens (tertiary/aromatic N) is 1. The van der Waals surface area contributed by atoms with E-state index in [1.54, 1.807) is 18.4 Å². The van der Waals surface area contributed by atoms with Crippen LogP contribution in [0.2, 0.25) is 0 Å². The second kappa shape index (κ2) is 4.54. The predicted octanol–water partition coefficient (Wildman–Crippen LogP) is 1.35. The van der Waals surface area contributed by atoms with E-state index in [-0.39, 0.29) is 6.04 Å². The van der Waals surface area contributed by atoms with Crippen molar-refractivity contribution in [3.63, 3.8) is 0 Å². The number of methoxy groups -OCH3 is 1. The number of nitrogens with two attached hydrogens (primary N) is 1. The summed E-state index contributed by atoms with van der Waals surface area (Å²) >= 11 is 1.66. The minimum absolute atomic E-state index is 0.0961. The molecule has 0 saturated carbocycles. The van der Waals surface area contributed by atoms with E-state index >= 15 is 0 Å². The highest BCUT2D eigenvalue weighted by molar-refractivity contribution is 7.11. The molecular weight excluding hydrogens is 172 g/mol. The molecule has 2 N–H and O–H groups in total. The first-order valence-electron chi connectivity index (χ1n) is 3.93. The van der Waals surface area contributed by atoms with Gasteiger partial charge in [-0.2, -0.15) is 0 Å². The van der Waals surface area contributed by atoms with Gasteiger partial charge in [0.2, 0.25) is 0 Å². The van der Waals surface area contributed by atoms with Gasteiger partial charge in [0, 0.05) is 30.6 Å². The summed E-state index contributed by atoms with van der Waals surface area (Å²) in [6.07, 6.45) is 2.73. The quantitative estimate of drug-likeness (QED) is 0.772. The second-order valence-corrected chi connectivity index (χ2v) is 3.83. The van der Waals surface area contributed by atoms with E-state index in [1.165, 1.54) is 0 Å². The summed E-state index contributed by atoms with van der Waals surface area (Å²) in [7, 11) is 1.69. The average Bonchev–Trinajstić information content (AvgIpc) is 2.48. The molecule has 0 aliphatic carbocycles. The number of hydrogen-bond acceptors (Lipinski definition) is 4. The lowest BCUT2D eigenvalue weighted by molar-refractivity contribution is 0.202. The first-order valence-corrected chi connectivity index (χ1v) is 4.75. The zero-order valence-electron chi connectivity index (χ0n) is 7.41. The van der Waals surface area contributed by atoms with Gasteiger partial charge in [0.1, 0.15) is 0 Å². The maximum absolute atomic E-state index is 5.69. The summed E-state index contributed by atoms with van der Waals surface area (Å²) in [6.45, 7) is 2.69. The molecule has 4 heteroatoms. The Bertz CT molecular complexity index is 235. The third-order valence-corrected chi connectivity index (χ3v) is 2.80. The van der Waals surface area contributed by atoms with Gasteiger partial charge in [0.25, 0.3) is 0 Å². The molecule has 68 valence electrons. The van der Waals surface area contributed by atoms with Crippen molar-refractivity contribution < 1.29 is 4.74 Å². The summed E-state index contributed by atoms with van der Waals surface area (Å²) in [6, 6.07) is 0.0961. The minimum Gasteiger partial charge on any atom is -0.384 e. The molecule has 12 heavy (non-hydrogen) atoms. The minimum atomic E-state index is 0.0961. The second-order valence-electron chi connectivity index (χ2n) is 2.69. The summed E-state index contributed by atoms with van der Waals surface area (Å²) in [5.41, 5.74) is 5.69. The highest BCUT2D eigenvalue weighted by Gasteiger charge is 2.04. The number of rotatable bonds is 4. The smallest absolute Gasteiger partial charge is 0.0951 e. The van der Waals surface area contributed by atoms with E-state index in [1.807, 2.05) is 13.1 Å². The highest BCUT2D eigenvalue weighted by Crippen LogP contribution is 2.18. The average molecular weight is 186 g/mol. The van der Waals surface area contributed by atoms with Crippen LogP contribution in [0.4, 0.5) is 0 Å². The van der Waals surface area contributed by atoms with Crippen LogP contribution in [0, 0.1) is 0 Å². The molecule has 1 rings (SSSR count). The van der Waals surface area contributed by atoms with Crippen molar-refractivity contribution in [3.05, 3.63) is 16.1 Å². The molecule has 0 bridgehead atoms. The van der Waals surface area contributed by atoms with Crippen LogP contribution in [0.3, 0.4) is 0 Å². The van der Waals surface area contributed by atoms with Gasteiger partial charge in [-0.3, -0.25) is 0 Å². The van der Waals surface area contributed by atoms with E-state index in [0.717, 1.165) is 22.9 Å². The molecule has 0 fully saturated rings. The van der Waals surface area contributed by atoms with E-state index in [4.69, 9.17) is 10.5 Å². The molecule has 0 radical (unpaired) electrons. The normalized spacial score (nSPS) is 13.2. The van der Waals surface area contributed by atoms with Gasteiger partial charge in [-0.15, -0.1) is 11.3 Å². The fourth-order valence-electron chi connectivity index (χ4n) is 0.840. The molecule has 0 spiro atoms. The lowest BCUT2D eigenvalue weighted by atomic mass is 10.3. The number of hydrogen-bond donors (Lipinski definition) is 1. The van der Waals surface area contributed by atoms with Crippen LogP contribution >= 0.6 is 11.3 Å². The first-order chi connectivity index (χ1) is 5.74. The zero-order chi connectivity index (χ0) is 8.97. The summed E-state index contributed by atoms with van der Waals surface area (Å²) in [5, 5.41) is 1.10. The van der Waals surface area contributed by atoms with Crippen molar-refractivity contribution in [2.45, 2.75) is 19.4 Å². The van der Waals surface area contributed by atoms with Crippen molar-refractivity contribution in [1.29, 1.82) is 0 Å². The fourth-order valence-corrected chi connectivity index (χ4v) is 1.69. The third-order valence-electron chi connectivity index (χ3n) is 1.54. The van der Waals surface area contributed by atoms with Crippen molar-refractivity contribution in [3.8, 4) is 0 Å². The first kappa shape index (κ1) is 9.64. The van der Waals surface area contributed by atoms with Crippen LogP contribution in [0.15, 0.2) is 6.20 Å². The van der Waals surface area contributed by atoms with Crippen LogP contribution < -0.4 is 5.73 Å². The zero-order valence-corrected chi connectivity index (χ0v) is 8.23. The molecular formula is C8H14N2OS. The Morgan fingerprint density at radius 3 is 3.00 bits per heavy atom. The Morgan fingerprint density at radius 1 is 1.75 bits per heavy atom. The Balaban J connectivity index is 2.52. The van der Waals surface area contributed by atoms with Crippen molar-refractivity contribution in [1.82, 2.24) is 4.98 Å². The van der Waals surface area contributed by atoms with Gasteiger partial charge >= 0.3 is 0 Å². The van der Waals surface area contributed by atoms with Crippen molar-refractivity contribution >= 4 is 11.3 Å².